The molecule has 1 aromatic heterocycles. The van der Waals surface area contributed by atoms with Crippen molar-refractivity contribution in [1.29, 1.82) is 0 Å². The van der Waals surface area contributed by atoms with Crippen LogP contribution in [0.5, 0.6) is 0 Å². The molecule has 118 valence electrons. The average Bonchev–Trinajstić information content (AvgIpc) is 3.00. The monoisotopic (exact) mass is 310 g/mol. The Morgan fingerprint density at radius 3 is 2.33 bits per heavy atom. The van der Waals surface area contributed by atoms with Gasteiger partial charge in [0.2, 0.25) is 0 Å². The van der Waals surface area contributed by atoms with Crippen molar-refractivity contribution in [3.05, 3.63) is 16.1 Å². The van der Waals surface area contributed by atoms with Crippen molar-refractivity contribution in [1.82, 2.24) is 10.0 Å². The molecule has 0 unspecified atom stereocenters. The Morgan fingerprint density at radius 2 is 1.76 bits per heavy atom. The fourth-order valence-corrected chi connectivity index (χ4v) is 3.84. The lowest BCUT2D eigenvalue weighted by atomic mass is 9.93. The minimum absolute atomic E-state index is 0.167. The van der Waals surface area contributed by atoms with Crippen LogP contribution in [0.4, 0.5) is 0 Å². The van der Waals surface area contributed by atoms with Crippen LogP contribution in [-0.2, 0) is 4.84 Å². The van der Waals surface area contributed by atoms with Crippen LogP contribution < -0.4 is 0 Å². The Kier molecular flexibility index (Phi) is 6.64. The number of nitrogens with zero attached hydrogens (tertiary/aromatic N) is 2. The van der Waals surface area contributed by atoms with Crippen molar-refractivity contribution in [2.45, 2.75) is 63.7 Å². The van der Waals surface area contributed by atoms with Gasteiger partial charge in [-0.1, -0.05) is 44.9 Å². The van der Waals surface area contributed by atoms with E-state index < -0.39 is 0 Å². The molecule has 2 rings (SSSR count). The molecule has 0 spiro atoms. The molecule has 0 N–H and O–H groups in total. The Hall–Kier alpha value is -0.940. The van der Waals surface area contributed by atoms with Crippen LogP contribution in [0.1, 0.15) is 79.2 Å². The molecule has 4 nitrogen and oxygen atoms in total. The Labute approximate surface area is 131 Å². The lowest BCUT2D eigenvalue weighted by Crippen LogP contribution is -2.25. The van der Waals surface area contributed by atoms with Crippen LogP contribution in [-0.4, -0.2) is 30.1 Å². The smallest absolute Gasteiger partial charge is 0.274 e. The third-order valence-electron chi connectivity index (χ3n) is 4.26. The van der Waals surface area contributed by atoms with E-state index in [-0.39, 0.29) is 5.91 Å². The van der Waals surface area contributed by atoms with Crippen LogP contribution in [0.15, 0.2) is 5.38 Å². The van der Waals surface area contributed by atoms with Gasteiger partial charge in [0.1, 0.15) is 5.69 Å². The number of rotatable bonds is 3. The predicted octanol–water partition coefficient (Wildman–Crippen LogP) is 4.38. The van der Waals surface area contributed by atoms with E-state index in [1.165, 1.54) is 70.0 Å². The highest BCUT2D eigenvalue weighted by molar-refractivity contribution is 7.09. The first-order chi connectivity index (χ1) is 10.2. The number of carbonyl (C=O) groups is 1. The fourth-order valence-electron chi connectivity index (χ4n) is 2.87. The molecular formula is C16H26N2O2S. The van der Waals surface area contributed by atoms with Gasteiger partial charge in [0.05, 0.1) is 12.1 Å². The van der Waals surface area contributed by atoms with Gasteiger partial charge in [-0.05, 0) is 12.8 Å². The lowest BCUT2D eigenvalue weighted by Gasteiger charge is -2.16. The number of amides is 1. The van der Waals surface area contributed by atoms with Crippen LogP contribution in [0.2, 0.25) is 0 Å². The maximum Gasteiger partial charge on any atom is 0.296 e. The van der Waals surface area contributed by atoms with Gasteiger partial charge in [-0.25, -0.2) is 10.0 Å². The first kappa shape index (κ1) is 16.4. The number of hydroxylamine groups is 2. The van der Waals surface area contributed by atoms with Crippen molar-refractivity contribution >= 4 is 17.2 Å². The topological polar surface area (TPSA) is 42.4 Å². The number of thiazole rings is 1. The second kappa shape index (κ2) is 8.49. The molecular weight excluding hydrogens is 284 g/mol. The Balaban J connectivity index is 2.01. The molecule has 0 bridgehead atoms. The molecule has 1 aliphatic carbocycles. The second-order valence-corrected chi connectivity index (χ2v) is 6.70. The highest BCUT2D eigenvalue weighted by Crippen LogP contribution is 2.32. The summed E-state index contributed by atoms with van der Waals surface area (Å²) in [6.07, 6.45) is 11.8. The standard InChI is InChI=1S/C16H26N2O2S/c1-18(20-2)16(19)14-12-21-15(17-14)13-10-8-6-4-3-5-7-9-11-13/h12-13H,3-11H2,1-2H3. The van der Waals surface area contributed by atoms with Crippen molar-refractivity contribution in [3.8, 4) is 0 Å². The quantitative estimate of drug-likeness (QED) is 0.778. The van der Waals surface area contributed by atoms with E-state index in [0.717, 1.165) is 5.01 Å². The minimum atomic E-state index is -0.167. The lowest BCUT2D eigenvalue weighted by molar-refractivity contribution is -0.0760. The van der Waals surface area contributed by atoms with Gasteiger partial charge in [-0.3, -0.25) is 9.63 Å². The maximum atomic E-state index is 12.0. The molecule has 0 saturated heterocycles. The summed E-state index contributed by atoms with van der Waals surface area (Å²) in [5.74, 6) is 0.363. The van der Waals surface area contributed by atoms with Crippen LogP contribution >= 0.6 is 11.3 Å². The first-order valence-corrected chi connectivity index (χ1v) is 8.88. The molecule has 1 heterocycles. The number of carbonyl (C=O) groups excluding carboxylic acids is 1. The van der Waals surface area contributed by atoms with Gasteiger partial charge in [-0.2, -0.15) is 0 Å². The molecule has 1 amide bonds. The molecule has 0 aromatic carbocycles. The molecule has 0 radical (unpaired) electrons. The van der Waals surface area contributed by atoms with Crippen LogP contribution in [0, 0.1) is 0 Å². The molecule has 0 atom stereocenters. The van der Waals surface area contributed by atoms with E-state index >= 15 is 0 Å². The normalized spacial score (nSPS) is 18.4. The third-order valence-corrected chi connectivity index (χ3v) is 5.26. The summed E-state index contributed by atoms with van der Waals surface area (Å²) in [5.41, 5.74) is 0.511. The SMILES string of the molecule is CON(C)C(=O)c1csc(C2CCCCCCCCC2)n1. The molecule has 1 aliphatic rings. The van der Waals surface area contributed by atoms with E-state index in [1.54, 1.807) is 18.4 Å². The molecule has 1 aromatic rings. The van der Waals surface area contributed by atoms with Gasteiger partial charge in [0.15, 0.2) is 0 Å². The largest absolute Gasteiger partial charge is 0.296 e. The highest BCUT2D eigenvalue weighted by Gasteiger charge is 2.20. The van der Waals surface area contributed by atoms with Crippen LogP contribution in [0.3, 0.4) is 0 Å². The molecule has 1 fully saturated rings. The average molecular weight is 310 g/mol. The zero-order valence-corrected chi connectivity index (χ0v) is 14.0. The van der Waals surface area contributed by atoms with E-state index in [9.17, 15) is 4.79 Å². The Morgan fingerprint density at radius 1 is 1.19 bits per heavy atom. The number of hydrogen-bond acceptors (Lipinski definition) is 4. The van der Waals surface area contributed by atoms with Gasteiger partial charge < -0.3 is 0 Å². The minimum Gasteiger partial charge on any atom is -0.274 e. The summed E-state index contributed by atoms with van der Waals surface area (Å²) < 4.78 is 0. The summed E-state index contributed by atoms with van der Waals surface area (Å²) >= 11 is 1.63. The van der Waals surface area contributed by atoms with Crippen molar-refractivity contribution in [2.75, 3.05) is 14.2 Å². The third kappa shape index (κ3) is 4.78. The summed E-state index contributed by atoms with van der Waals surface area (Å²) in [6.45, 7) is 0. The Bertz CT molecular complexity index is 437. The fraction of sp³-hybridized carbons (Fsp3) is 0.750. The van der Waals surface area contributed by atoms with Crippen LogP contribution in [0.25, 0.3) is 0 Å². The zero-order chi connectivity index (χ0) is 15.1. The van der Waals surface area contributed by atoms with Gasteiger partial charge >= 0.3 is 0 Å². The van der Waals surface area contributed by atoms with Crippen molar-refractivity contribution < 1.29 is 9.63 Å². The van der Waals surface area contributed by atoms with Gasteiger partial charge in [0, 0.05) is 18.3 Å². The van der Waals surface area contributed by atoms with Crippen molar-refractivity contribution in [2.24, 2.45) is 0 Å². The maximum absolute atomic E-state index is 12.0. The summed E-state index contributed by atoms with van der Waals surface area (Å²) in [6, 6.07) is 0. The second-order valence-electron chi connectivity index (χ2n) is 5.81. The number of aromatic nitrogens is 1. The van der Waals surface area contributed by atoms with E-state index in [0.29, 0.717) is 11.6 Å². The summed E-state index contributed by atoms with van der Waals surface area (Å²) in [5, 5.41) is 4.22. The van der Waals surface area contributed by atoms with Crippen molar-refractivity contribution in [3.63, 3.8) is 0 Å². The highest BCUT2D eigenvalue weighted by atomic mass is 32.1. The van der Waals surface area contributed by atoms with E-state index in [1.807, 2.05) is 5.38 Å². The first-order valence-electron chi connectivity index (χ1n) is 8.00. The summed E-state index contributed by atoms with van der Waals surface area (Å²) in [4.78, 5) is 21.6. The molecule has 0 aliphatic heterocycles. The number of hydrogen-bond donors (Lipinski definition) is 0. The van der Waals surface area contributed by atoms with E-state index in [4.69, 9.17) is 4.84 Å². The zero-order valence-electron chi connectivity index (χ0n) is 13.1. The molecule has 1 saturated carbocycles. The van der Waals surface area contributed by atoms with E-state index in [2.05, 4.69) is 4.98 Å². The van der Waals surface area contributed by atoms with Gasteiger partial charge in [0.25, 0.3) is 5.91 Å². The van der Waals surface area contributed by atoms with Gasteiger partial charge in [-0.15, -0.1) is 11.3 Å². The summed E-state index contributed by atoms with van der Waals surface area (Å²) in [7, 11) is 3.11. The molecule has 5 heteroatoms. The predicted molar refractivity (Wildman–Crippen MR) is 85.5 cm³/mol. The molecule has 21 heavy (non-hydrogen) atoms.